The Balaban J connectivity index is 2.72. The van der Waals surface area contributed by atoms with E-state index in [2.05, 4.69) is 4.74 Å². The smallest absolute Gasteiger partial charge is 0.406 e. The van der Waals surface area contributed by atoms with Gasteiger partial charge in [-0.1, -0.05) is 12.1 Å². The standard InChI is InChI=1S/C10H12F3NO3S/c11-10(12,13)17-9-3-1-8(2-4-9)7-18(15,16)6-5-14/h1-4H,5-7,14H2. The number of alkyl halides is 3. The number of nitrogens with two attached hydrogens (primary N) is 1. The lowest BCUT2D eigenvalue weighted by atomic mass is 10.2. The minimum Gasteiger partial charge on any atom is -0.406 e. The molecule has 0 aliphatic heterocycles. The van der Waals surface area contributed by atoms with Crippen molar-refractivity contribution >= 4 is 9.84 Å². The summed E-state index contributed by atoms with van der Waals surface area (Å²) >= 11 is 0. The zero-order chi connectivity index (χ0) is 13.8. The van der Waals surface area contributed by atoms with Crippen LogP contribution in [0, 0.1) is 0 Å². The summed E-state index contributed by atoms with van der Waals surface area (Å²) in [4.78, 5) is 0. The Kier molecular flexibility index (Phi) is 4.58. The molecule has 1 aromatic carbocycles. The molecule has 0 amide bonds. The van der Waals surface area contributed by atoms with E-state index >= 15 is 0 Å². The molecule has 0 aliphatic rings. The quantitative estimate of drug-likeness (QED) is 0.888. The fourth-order valence-corrected chi connectivity index (χ4v) is 2.50. The summed E-state index contributed by atoms with van der Waals surface area (Å²) in [5, 5.41) is 0. The van der Waals surface area contributed by atoms with Crippen LogP contribution in [0.1, 0.15) is 5.56 Å². The second kappa shape index (κ2) is 5.57. The SMILES string of the molecule is NCCS(=O)(=O)Cc1ccc(OC(F)(F)F)cc1. The zero-order valence-electron chi connectivity index (χ0n) is 9.27. The second-order valence-corrected chi connectivity index (χ2v) is 5.76. The van der Waals surface area contributed by atoms with Gasteiger partial charge in [0.25, 0.3) is 0 Å². The number of benzene rings is 1. The van der Waals surface area contributed by atoms with Gasteiger partial charge in [0, 0.05) is 6.54 Å². The summed E-state index contributed by atoms with van der Waals surface area (Å²) in [7, 11) is -3.32. The van der Waals surface area contributed by atoms with Gasteiger partial charge in [-0.3, -0.25) is 0 Å². The fourth-order valence-electron chi connectivity index (χ4n) is 1.29. The van der Waals surface area contributed by atoms with E-state index < -0.39 is 16.2 Å². The van der Waals surface area contributed by atoms with E-state index in [1.807, 2.05) is 0 Å². The molecule has 0 saturated heterocycles. The molecule has 0 heterocycles. The molecule has 0 bridgehead atoms. The third-order valence-electron chi connectivity index (χ3n) is 1.97. The number of hydrogen-bond donors (Lipinski definition) is 1. The molecule has 0 unspecified atom stereocenters. The van der Waals surface area contributed by atoms with Crippen LogP contribution < -0.4 is 10.5 Å². The first-order chi connectivity index (χ1) is 8.22. The van der Waals surface area contributed by atoms with Gasteiger partial charge in [0.15, 0.2) is 9.84 Å². The Labute approximate surface area is 102 Å². The third kappa shape index (κ3) is 5.37. The monoisotopic (exact) mass is 283 g/mol. The molecule has 0 radical (unpaired) electrons. The molecular formula is C10H12F3NO3S. The van der Waals surface area contributed by atoms with Gasteiger partial charge in [-0.05, 0) is 17.7 Å². The highest BCUT2D eigenvalue weighted by atomic mass is 32.2. The van der Waals surface area contributed by atoms with Crippen LogP contribution in [0.5, 0.6) is 5.75 Å². The predicted octanol–water partition coefficient (Wildman–Crippen LogP) is 1.46. The Hall–Kier alpha value is -1.28. The molecule has 8 heteroatoms. The predicted molar refractivity (Wildman–Crippen MR) is 59.7 cm³/mol. The highest BCUT2D eigenvalue weighted by Gasteiger charge is 2.30. The number of sulfone groups is 1. The van der Waals surface area contributed by atoms with Gasteiger partial charge in [0.2, 0.25) is 0 Å². The average molecular weight is 283 g/mol. The summed E-state index contributed by atoms with van der Waals surface area (Å²) in [6, 6.07) is 4.69. The molecule has 0 aliphatic carbocycles. The first kappa shape index (κ1) is 14.8. The zero-order valence-corrected chi connectivity index (χ0v) is 10.1. The lowest BCUT2D eigenvalue weighted by Gasteiger charge is -2.09. The summed E-state index contributed by atoms with van der Waals surface area (Å²) < 4.78 is 62.2. The van der Waals surface area contributed by atoms with E-state index in [0.717, 1.165) is 12.1 Å². The van der Waals surface area contributed by atoms with Crippen molar-refractivity contribution < 1.29 is 26.3 Å². The van der Waals surface area contributed by atoms with Crippen molar-refractivity contribution in [3.63, 3.8) is 0 Å². The maximum absolute atomic E-state index is 11.9. The number of rotatable bonds is 5. The topological polar surface area (TPSA) is 69.4 Å². The van der Waals surface area contributed by atoms with Gasteiger partial charge in [0.1, 0.15) is 5.75 Å². The van der Waals surface area contributed by atoms with E-state index in [0.29, 0.717) is 5.56 Å². The molecule has 2 N–H and O–H groups in total. The van der Waals surface area contributed by atoms with Crippen molar-refractivity contribution in [1.82, 2.24) is 0 Å². The van der Waals surface area contributed by atoms with Crippen LogP contribution in [0.25, 0.3) is 0 Å². The third-order valence-corrected chi connectivity index (χ3v) is 3.60. The summed E-state index contributed by atoms with van der Waals surface area (Å²) in [5.41, 5.74) is 5.52. The van der Waals surface area contributed by atoms with Crippen molar-refractivity contribution in [2.45, 2.75) is 12.1 Å². The van der Waals surface area contributed by atoms with Gasteiger partial charge in [0.05, 0.1) is 11.5 Å². The van der Waals surface area contributed by atoms with Crippen LogP contribution in [-0.2, 0) is 15.6 Å². The lowest BCUT2D eigenvalue weighted by molar-refractivity contribution is -0.274. The Morgan fingerprint density at radius 1 is 1.17 bits per heavy atom. The molecule has 0 aromatic heterocycles. The molecule has 0 spiro atoms. The molecule has 4 nitrogen and oxygen atoms in total. The van der Waals surface area contributed by atoms with Crippen molar-refractivity contribution in [2.24, 2.45) is 5.73 Å². The highest BCUT2D eigenvalue weighted by molar-refractivity contribution is 7.90. The fraction of sp³-hybridized carbons (Fsp3) is 0.400. The molecular weight excluding hydrogens is 271 g/mol. The van der Waals surface area contributed by atoms with E-state index in [1.165, 1.54) is 12.1 Å². The van der Waals surface area contributed by atoms with Gasteiger partial charge in [-0.15, -0.1) is 13.2 Å². The van der Waals surface area contributed by atoms with E-state index in [9.17, 15) is 21.6 Å². The maximum Gasteiger partial charge on any atom is 0.573 e. The largest absolute Gasteiger partial charge is 0.573 e. The van der Waals surface area contributed by atoms with Crippen LogP contribution in [0.2, 0.25) is 0 Å². The van der Waals surface area contributed by atoms with Crippen LogP contribution in [-0.4, -0.2) is 27.1 Å². The van der Waals surface area contributed by atoms with Crippen molar-refractivity contribution in [2.75, 3.05) is 12.3 Å². The second-order valence-electron chi connectivity index (χ2n) is 3.57. The van der Waals surface area contributed by atoms with Gasteiger partial charge in [-0.25, -0.2) is 8.42 Å². The highest BCUT2D eigenvalue weighted by Crippen LogP contribution is 2.23. The Morgan fingerprint density at radius 3 is 2.17 bits per heavy atom. The molecule has 18 heavy (non-hydrogen) atoms. The molecule has 0 saturated carbocycles. The van der Waals surface area contributed by atoms with Crippen molar-refractivity contribution in [1.29, 1.82) is 0 Å². The minimum atomic E-state index is -4.76. The summed E-state index contributed by atoms with van der Waals surface area (Å²) in [5.74, 6) is -0.799. The van der Waals surface area contributed by atoms with Crippen molar-refractivity contribution in [3.8, 4) is 5.75 Å². The first-order valence-corrected chi connectivity index (χ1v) is 6.79. The molecule has 0 fully saturated rings. The van der Waals surface area contributed by atoms with E-state index in [1.54, 1.807) is 0 Å². The average Bonchev–Trinajstić information content (AvgIpc) is 2.18. The Bertz CT molecular complexity index is 482. The number of ether oxygens (including phenoxy) is 1. The Morgan fingerprint density at radius 2 is 1.72 bits per heavy atom. The lowest BCUT2D eigenvalue weighted by Crippen LogP contribution is -2.18. The number of halogens is 3. The van der Waals surface area contributed by atoms with Gasteiger partial charge < -0.3 is 10.5 Å². The molecule has 1 rings (SSSR count). The van der Waals surface area contributed by atoms with Crippen LogP contribution in [0.15, 0.2) is 24.3 Å². The van der Waals surface area contributed by atoms with E-state index in [4.69, 9.17) is 5.73 Å². The summed E-state index contributed by atoms with van der Waals surface area (Å²) in [6.07, 6.45) is -4.76. The van der Waals surface area contributed by atoms with Gasteiger partial charge in [-0.2, -0.15) is 0 Å². The molecule has 0 atom stereocenters. The van der Waals surface area contributed by atoms with Crippen LogP contribution >= 0.6 is 0 Å². The number of hydrogen-bond acceptors (Lipinski definition) is 4. The van der Waals surface area contributed by atoms with Crippen LogP contribution in [0.3, 0.4) is 0 Å². The first-order valence-electron chi connectivity index (χ1n) is 4.97. The molecule has 1 aromatic rings. The van der Waals surface area contributed by atoms with Gasteiger partial charge >= 0.3 is 6.36 Å². The normalized spacial score (nSPS) is 12.4. The van der Waals surface area contributed by atoms with Crippen LogP contribution in [0.4, 0.5) is 13.2 Å². The maximum atomic E-state index is 11.9. The van der Waals surface area contributed by atoms with E-state index in [-0.39, 0.29) is 23.8 Å². The minimum absolute atomic E-state index is 0.0115. The summed E-state index contributed by atoms with van der Waals surface area (Å²) in [6.45, 7) is 0.0115. The van der Waals surface area contributed by atoms with Crippen molar-refractivity contribution in [3.05, 3.63) is 29.8 Å². The molecule has 102 valence electrons.